The van der Waals surface area contributed by atoms with Crippen LogP contribution in [-0.2, 0) is 4.79 Å². The van der Waals surface area contributed by atoms with Crippen molar-refractivity contribution in [2.75, 3.05) is 39.3 Å². The van der Waals surface area contributed by atoms with Gasteiger partial charge in [-0.25, -0.2) is 0 Å². The van der Waals surface area contributed by atoms with Crippen LogP contribution >= 0.6 is 0 Å². The van der Waals surface area contributed by atoms with Gasteiger partial charge in [0.25, 0.3) is 5.91 Å². The topological polar surface area (TPSA) is 88.7 Å². The third-order valence-corrected chi connectivity index (χ3v) is 6.90. The van der Waals surface area contributed by atoms with Crippen LogP contribution in [0.5, 0.6) is 0 Å². The van der Waals surface area contributed by atoms with E-state index in [1.807, 2.05) is 18.2 Å². The Kier molecular flexibility index (Phi) is 4.44. The molecule has 2 aromatic rings. The number of nitrogens with zero attached hydrogens (tertiary/aromatic N) is 2. The number of rotatable bonds is 4. The van der Waals surface area contributed by atoms with Gasteiger partial charge in [-0.1, -0.05) is 30.3 Å². The molecule has 2 amide bonds. The predicted molar refractivity (Wildman–Crippen MR) is 107 cm³/mol. The van der Waals surface area contributed by atoms with Gasteiger partial charge in [-0.2, -0.15) is 0 Å². The normalized spacial score (nSPS) is 31.8. The highest BCUT2D eigenvalue weighted by molar-refractivity contribution is 5.94. The molecule has 7 nitrogen and oxygen atoms in total. The van der Waals surface area contributed by atoms with Gasteiger partial charge in [0.2, 0.25) is 5.91 Å². The predicted octanol–water partition coefficient (Wildman–Crippen LogP) is 0.663. The number of piperazine rings is 1. The third kappa shape index (κ3) is 3.05. The number of aliphatic hydroxyl groups is 1. The fraction of sp³-hybridized carbons (Fsp3) is 0.455. The van der Waals surface area contributed by atoms with Gasteiger partial charge in [-0.15, -0.1) is 0 Å². The molecule has 29 heavy (non-hydrogen) atoms. The van der Waals surface area contributed by atoms with Gasteiger partial charge in [0, 0.05) is 50.5 Å². The number of aliphatic hydroxyl groups excluding tert-OH is 1. The minimum Gasteiger partial charge on any atom is -0.391 e. The molecule has 1 saturated carbocycles. The lowest BCUT2D eigenvalue weighted by atomic mass is 9.95. The van der Waals surface area contributed by atoms with E-state index in [1.165, 1.54) is 5.56 Å². The van der Waals surface area contributed by atoms with Crippen LogP contribution in [0.1, 0.15) is 21.8 Å². The van der Waals surface area contributed by atoms with E-state index in [0.29, 0.717) is 31.7 Å². The summed E-state index contributed by atoms with van der Waals surface area (Å²) in [7, 11) is 0. The van der Waals surface area contributed by atoms with Crippen molar-refractivity contribution in [2.24, 2.45) is 11.3 Å². The molecule has 3 aliphatic rings. The van der Waals surface area contributed by atoms with Gasteiger partial charge in [-0.3, -0.25) is 14.5 Å². The van der Waals surface area contributed by atoms with Gasteiger partial charge in [0.15, 0.2) is 0 Å². The van der Waals surface area contributed by atoms with Gasteiger partial charge < -0.3 is 20.3 Å². The van der Waals surface area contributed by atoms with Crippen LogP contribution in [0.3, 0.4) is 0 Å². The zero-order chi connectivity index (χ0) is 20.0. The highest BCUT2D eigenvalue weighted by Crippen LogP contribution is 2.69. The number of carbonyl (C=O) groups excluding carboxylic acids is 2. The molecule has 4 atom stereocenters. The lowest BCUT2D eigenvalue weighted by Crippen LogP contribution is -2.48. The highest BCUT2D eigenvalue weighted by atomic mass is 16.3. The smallest absolute Gasteiger partial charge is 0.255 e. The van der Waals surface area contributed by atoms with Crippen molar-refractivity contribution in [2.45, 2.75) is 12.0 Å². The van der Waals surface area contributed by atoms with Crippen LogP contribution in [0.15, 0.2) is 48.8 Å². The second-order valence-corrected chi connectivity index (χ2v) is 8.49. The molecule has 5 rings (SSSR count). The number of hydrogen-bond acceptors (Lipinski definition) is 4. The summed E-state index contributed by atoms with van der Waals surface area (Å²) in [4.78, 5) is 31.6. The summed E-state index contributed by atoms with van der Waals surface area (Å²) < 4.78 is 0. The van der Waals surface area contributed by atoms with E-state index in [4.69, 9.17) is 0 Å². The Morgan fingerprint density at radius 1 is 1.24 bits per heavy atom. The van der Waals surface area contributed by atoms with Crippen molar-refractivity contribution in [3.63, 3.8) is 0 Å². The molecule has 2 saturated heterocycles. The number of nitrogens with one attached hydrogen (secondary N) is 2. The first-order valence-corrected chi connectivity index (χ1v) is 10.2. The molecule has 0 bridgehead atoms. The molecule has 1 aliphatic carbocycles. The van der Waals surface area contributed by atoms with Gasteiger partial charge >= 0.3 is 0 Å². The molecule has 7 heteroatoms. The van der Waals surface area contributed by atoms with Crippen LogP contribution in [-0.4, -0.2) is 77.1 Å². The van der Waals surface area contributed by atoms with E-state index >= 15 is 0 Å². The second-order valence-electron chi connectivity index (χ2n) is 8.49. The lowest BCUT2D eigenvalue weighted by molar-refractivity contribution is -0.124. The van der Waals surface area contributed by atoms with Gasteiger partial charge in [0.1, 0.15) is 0 Å². The number of amides is 2. The maximum atomic E-state index is 12.9. The van der Waals surface area contributed by atoms with E-state index in [1.54, 1.807) is 23.4 Å². The number of benzene rings is 1. The molecule has 3 heterocycles. The molecule has 0 radical (unpaired) electrons. The Morgan fingerprint density at radius 3 is 2.79 bits per heavy atom. The summed E-state index contributed by atoms with van der Waals surface area (Å²) in [6.45, 7) is 3.54. The number of hydrogen-bond donors (Lipinski definition) is 3. The summed E-state index contributed by atoms with van der Waals surface area (Å²) in [5.74, 6) is 0.415. The van der Waals surface area contributed by atoms with E-state index in [0.717, 1.165) is 13.1 Å². The van der Waals surface area contributed by atoms with Gasteiger partial charge in [-0.05, 0) is 23.5 Å². The van der Waals surface area contributed by atoms with Crippen molar-refractivity contribution in [1.29, 1.82) is 0 Å². The van der Waals surface area contributed by atoms with Crippen LogP contribution in [0.25, 0.3) is 0 Å². The van der Waals surface area contributed by atoms with Crippen molar-refractivity contribution >= 4 is 11.8 Å². The number of aromatic nitrogens is 1. The maximum Gasteiger partial charge on any atom is 0.255 e. The second kappa shape index (κ2) is 7.00. The number of β-amino-alcohol motifs (C(OH)–C–C–N with tert-alkyl or cyclic N) is 1. The van der Waals surface area contributed by atoms with Crippen LogP contribution < -0.4 is 5.32 Å². The summed E-state index contributed by atoms with van der Waals surface area (Å²) in [5, 5.41) is 14.0. The quantitative estimate of drug-likeness (QED) is 0.711. The Morgan fingerprint density at radius 2 is 2.07 bits per heavy atom. The standard InChI is InChI=1S/C22H26N4O3/c27-18-12-26(21(29)16-6-7-23-10-16)14-22(18)17(11-25-9-8-24-19(28)13-25)20(22)15-4-2-1-3-5-15/h1-7,10,17-18,20,23,27H,8-9,11-14H2,(H,24,28)/t17-,18+,20-,22-/m1/s1. The zero-order valence-electron chi connectivity index (χ0n) is 16.3. The first-order valence-electron chi connectivity index (χ1n) is 10.2. The third-order valence-electron chi connectivity index (χ3n) is 6.90. The molecule has 1 aromatic heterocycles. The summed E-state index contributed by atoms with van der Waals surface area (Å²) in [6.07, 6.45) is 2.87. The Labute approximate surface area is 169 Å². The first-order chi connectivity index (χ1) is 14.1. The molecule has 1 spiro atoms. The molecule has 152 valence electrons. The number of aromatic amines is 1. The minimum atomic E-state index is -0.570. The molecular weight excluding hydrogens is 368 g/mol. The number of likely N-dealkylation sites (tertiary alicyclic amines) is 1. The first kappa shape index (κ1) is 18.4. The molecule has 2 aliphatic heterocycles. The van der Waals surface area contributed by atoms with E-state index in [9.17, 15) is 14.7 Å². The molecule has 1 aromatic carbocycles. The Balaban J connectivity index is 1.41. The fourth-order valence-electron chi connectivity index (χ4n) is 5.49. The number of carbonyl (C=O) groups is 2. The van der Waals surface area contributed by atoms with E-state index < -0.39 is 6.10 Å². The number of H-pyrrole nitrogens is 1. The Bertz CT molecular complexity index is 900. The van der Waals surface area contributed by atoms with Crippen molar-refractivity contribution in [1.82, 2.24) is 20.1 Å². The van der Waals surface area contributed by atoms with Crippen molar-refractivity contribution < 1.29 is 14.7 Å². The zero-order valence-corrected chi connectivity index (χ0v) is 16.3. The lowest BCUT2D eigenvalue weighted by Gasteiger charge is -2.27. The Hall–Kier alpha value is -2.64. The van der Waals surface area contributed by atoms with Gasteiger partial charge in [0.05, 0.1) is 18.2 Å². The van der Waals surface area contributed by atoms with Crippen molar-refractivity contribution in [3.8, 4) is 0 Å². The summed E-state index contributed by atoms with van der Waals surface area (Å²) in [5.41, 5.74) is 1.48. The summed E-state index contributed by atoms with van der Waals surface area (Å²) >= 11 is 0. The van der Waals surface area contributed by atoms with E-state index in [2.05, 4.69) is 27.3 Å². The fourth-order valence-corrected chi connectivity index (χ4v) is 5.49. The van der Waals surface area contributed by atoms with Crippen LogP contribution in [0, 0.1) is 11.3 Å². The highest BCUT2D eigenvalue weighted by Gasteiger charge is 2.71. The maximum absolute atomic E-state index is 12.9. The SMILES string of the molecule is O=C1CN(C[C@@H]2[C@@H](c3ccccc3)[C@]23CN(C(=O)c2cc[nH]c2)C[C@@H]3O)CCN1. The average Bonchev–Trinajstić information content (AvgIpc) is 3.07. The molecule has 3 N–H and O–H groups in total. The van der Waals surface area contributed by atoms with Crippen molar-refractivity contribution in [3.05, 3.63) is 59.9 Å². The monoisotopic (exact) mass is 394 g/mol. The minimum absolute atomic E-state index is 0.0445. The average molecular weight is 394 g/mol. The van der Waals surface area contributed by atoms with Crippen LogP contribution in [0.2, 0.25) is 0 Å². The van der Waals surface area contributed by atoms with Crippen LogP contribution in [0.4, 0.5) is 0 Å². The molecule has 3 fully saturated rings. The molecule has 0 unspecified atom stereocenters. The van der Waals surface area contributed by atoms with E-state index in [-0.39, 0.29) is 29.1 Å². The summed E-state index contributed by atoms with van der Waals surface area (Å²) in [6, 6.07) is 12.0. The molecular formula is C22H26N4O3. The largest absolute Gasteiger partial charge is 0.391 e.